The first-order valence-electron chi connectivity index (χ1n) is 9.00. The van der Waals surface area contributed by atoms with Gasteiger partial charge in [-0.3, -0.25) is 14.4 Å². The molecule has 0 spiro atoms. The van der Waals surface area contributed by atoms with Crippen LogP contribution in [0.4, 0.5) is 5.69 Å². The number of carbonyl (C=O) groups is 3. The highest BCUT2D eigenvalue weighted by atomic mass is 16.2. The molecule has 5 nitrogen and oxygen atoms in total. The molecule has 3 aromatic carbocycles. The summed E-state index contributed by atoms with van der Waals surface area (Å²) in [6, 6.07) is 22.7. The van der Waals surface area contributed by atoms with Gasteiger partial charge in [-0.1, -0.05) is 48.5 Å². The molecule has 0 aliphatic carbocycles. The molecule has 0 radical (unpaired) electrons. The van der Waals surface area contributed by atoms with E-state index in [1.54, 1.807) is 48.5 Å². The number of anilines is 1. The van der Waals surface area contributed by atoms with E-state index < -0.39 is 0 Å². The fourth-order valence-electron chi connectivity index (χ4n) is 3.32. The van der Waals surface area contributed by atoms with Crippen LogP contribution in [0.2, 0.25) is 0 Å². The molecule has 1 heterocycles. The van der Waals surface area contributed by atoms with Crippen molar-refractivity contribution in [3.8, 4) is 0 Å². The summed E-state index contributed by atoms with van der Waals surface area (Å²) in [5.41, 5.74) is 2.51. The first-order valence-corrected chi connectivity index (χ1v) is 9.00. The van der Waals surface area contributed by atoms with Crippen molar-refractivity contribution in [1.82, 2.24) is 5.32 Å². The van der Waals surface area contributed by atoms with Gasteiger partial charge in [-0.2, -0.15) is 0 Å². The van der Waals surface area contributed by atoms with Crippen molar-refractivity contribution in [1.29, 1.82) is 0 Å². The normalized spacial score (nSPS) is 14.0. The second-order valence-corrected chi connectivity index (χ2v) is 6.65. The van der Waals surface area contributed by atoms with Crippen molar-refractivity contribution in [2.75, 3.05) is 4.90 Å². The maximum Gasteiger partial charge on any atom is 0.266 e. The predicted octanol–water partition coefficient (Wildman–Crippen LogP) is 3.98. The van der Waals surface area contributed by atoms with E-state index in [-0.39, 0.29) is 23.8 Å². The second-order valence-electron chi connectivity index (χ2n) is 6.65. The number of rotatable bonds is 4. The fraction of sp³-hybridized carbons (Fsp3) is 0.0870. The Kier molecular flexibility index (Phi) is 4.49. The molecule has 4 rings (SSSR count). The smallest absolute Gasteiger partial charge is 0.266 e. The average Bonchev–Trinajstić information content (AvgIpc) is 2.99. The summed E-state index contributed by atoms with van der Waals surface area (Å²) < 4.78 is 0. The zero-order chi connectivity index (χ0) is 19.7. The summed E-state index contributed by atoms with van der Waals surface area (Å²) in [6.07, 6.45) is 0. The molecule has 0 fully saturated rings. The molecule has 138 valence electrons. The highest BCUT2D eigenvalue weighted by molar-refractivity contribution is 6.34. The number of benzene rings is 3. The molecule has 3 amide bonds. The molecule has 0 saturated carbocycles. The molecule has 1 N–H and O–H groups in total. The van der Waals surface area contributed by atoms with E-state index in [9.17, 15) is 14.4 Å². The molecule has 0 aromatic heterocycles. The van der Waals surface area contributed by atoms with Gasteiger partial charge in [-0.05, 0) is 42.8 Å². The maximum absolute atomic E-state index is 12.7. The zero-order valence-electron chi connectivity index (χ0n) is 15.3. The Morgan fingerprint density at radius 2 is 1.43 bits per heavy atom. The lowest BCUT2D eigenvalue weighted by atomic mass is 10.1. The van der Waals surface area contributed by atoms with Gasteiger partial charge >= 0.3 is 0 Å². The van der Waals surface area contributed by atoms with Gasteiger partial charge in [-0.25, -0.2) is 4.90 Å². The Morgan fingerprint density at radius 3 is 2.07 bits per heavy atom. The number of amides is 3. The Balaban J connectivity index is 1.58. The van der Waals surface area contributed by atoms with Gasteiger partial charge in [0.1, 0.15) is 0 Å². The maximum atomic E-state index is 12.7. The van der Waals surface area contributed by atoms with E-state index in [1.807, 2.05) is 37.3 Å². The lowest BCUT2D eigenvalue weighted by Crippen LogP contribution is -2.30. The highest BCUT2D eigenvalue weighted by Crippen LogP contribution is 2.28. The molecule has 0 saturated heterocycles. The Morgan fingerprint density at radius 1 is 0.821 bits per heavy atom. The van der Waals surface area contributed by atoms with Gasteiger partial charge in [0.05, 0.1) is 22.9 Å². The van der Waals surface area contributed by atoms with E-state index in [0.717, 1.165) is 10.5 Å². The molecule has 5 heteroatoms. The standard InChI is InChI=1S/C23H18N2O3/c1-15(16-8-3-2-4-9-16)24-21(26)17-10-7-11-18(14-17)25-22(27)19-12-5-6-13-20(19)23(25)28/h2-15H,1H3,(H,24,26)/t15-/m0/s1. The summed E-state index contributed by atoms with van der Waals surface area (Å²) in [7, 11) is 0. The Hall–Kier alpha value is -3.73. The van der Waals surface area contributed by atoms with Gasteiger partial charge in [0.25, 0.3) is 17.7 Å². The third kappa shape index (κ3) is 3.07. The summed E-state index contributed by atoms with van der Waals surface area (Å²) in [5, 5.41) is 2.94. The lowest BCUT2D eigenvalue weighted by molar-refractivity contribution is 0.0916. The van der Waals surface area contributed by atoms with Crippen LogP contribution >= 0.6 is 0 Å². The number of carbonyl (C=O) groups excluding carboxylic acids is 3. The van der Waals surface area contributed by atoms with Crippen molar-refractivity contribution in [3.05, 3.63) is 101 Å². The van der Waals surface area contributed by atoms with E-state index in [1.165, 1.54) is 0 Å². The van der Waals surface area contributed by atoms with Gasteiger partial charge < -0.3 is 5.32 Å². The van der Waals surface area contributed by atoms with E-state index in [4.69, 9.17) is 0 Å². The molecule has 3 aromatic rings. The molecule has 1 atom stereocenters. The minimum absolute atomic E-state index is 0.170. The third-order valence-corrected chi connectivity index (χ3v) is 4.81. The van der Waals surface area contributed by atoms with E-state index >= 15 is 0 Å². The van der Waals surface area contributed by atoms with Gasteiger partial charge in [-0.15, -0.1) is 0 Å². The third-order valence-electron chi connectivity index (χ3n) is 4.81. The van der Waals surface area contributed by atoms with E-state index in [2.05, 4.69) is 5.32 Å². The van der Waals surface area contributed by atoms with Crippen molar-refractivity contribution in [3.63, 3.8) is 0 Å². The lowest BCUT2D eigenvalue weighted by Gasteiger charge is -2.17. The van der Waals surface area contributed by atoms with E-state index in [0.29, 0.717) is 22.4 Å². The number of nitrogens with zero attached hydrogens (tertiary/aromatic N) is 1. The molecule has 28 heavy (non-hydrogen) atoms. The van der Waals surface area contributed by atoms with Crippen LogP contribution in [0.25, 0.3) is 0 Å². The number of imide groups is 1. The number of nitrogens with one attached hydrogen (secondary N) is 1. The largest absolute Gasteiger partial charge is 0.346 e. The predicted molar refractivity (Wildman–Crippen MR) is 106 cm³/mol. The Labute approximate surface area is 162 Å². The molecular weight excluding hydrogens is 352 g/mol. The van der Waals surface area contributed by atoms with Crippen LogP contribution in [0.5, 0.6) is 0 Å². The number of hydrogen-bond donors (Lipinski definition) is 1. The van der Waals surface area contributed by atoms with Crippen molar-refractivity contribution < 1.29 is 14.4 Å². The van der Waals surface area contributed by atoms with Crippen LogP contribution in [-0.2, 0) is 0 Å². The minimum atomic E-state index is -0.379. The van der Waals surface area contributed by atoms with Gasteiger partial charge in [0.2, 0.25) is 0 Å². The topological polar surface area (TPSA) is 66.5 Å². The Bertz CT molecular complexity index is 1040. The van der Waals surface area contributed by atoms with Crippen LogP contribution in [0.3, 0.4) is 0 Å². The summed E-state index contributed by atoms with van der Waals surface area (Å²) in [6.45, 7) is 1.90. The fourth-order valence-corrected chi connectivity index (χ4v) is 3.32. The SMILES string of the molecule is C[C@H](NC(=O)c1cccc(N2C(=O)c3ccccc3C2=O)c1)c1ccccc1. The van der Waals surface area contributed by atoms with Crippen LogP contribution in [-0.4, -0.2) is 17.7 Å². The highest BCUT2D eigenvalue weighted by Gasteiger charge is 2.36. The molecule has 1 aliphatic heterocycles. The van der Waals surface area contributed by atoms with Gasteiger partial charge in [0.15, 0.2) is 0 Å². The quantitative estimate of drug-likeness (QED) is 0.707. The molecule has 0 unspecified atom stereocenters. The monoisotopic (exact) mass is 370 g/mol. The first kappa shape index (κ1) is 17.7. The van der Waals surface area contributed by atoms with Crippen molar-refractivity contribution in [2.24, 2.45) is 0 Å². The van der Waals surface area contributed by atoms with Crippen LogP contribution in [0.15, 0.2) is 78.9 Å². The number of hydrogen-bond acceptors (Lipinski definition) is 3. The minimum Gasteiger partial charge on any atom is -0.346 e. The molecule has 1 aliphatic rings. The van der Waals surface area contributed by atoms with Crippen molar-refractivity contribution in [2.45, 2.75) is 13.0 Å². The molecule has 0 bridgehead atoms. The second kappa shape index (κ2) is 7.12. The number of fused-ring (bicyclic) bond motifs is 1. The van der Waals surface area contributed by atoms with Crippen molar-refractivity contribution >= 4 is 23.4 Å². The van der Waals surface area contributed by atoms with Crippen LogP contribution in [0, 0.1) is 0 Å². The summed E-state index contributed by atoms with van der Waals surface area (Å²) in [5.74, 6) is -1.03. The first-order chi connectivity index (χ1) is 13.6. The summed E-state index contributed by atoms with van der Waals surface area (Å²) in [4.78, 5) is 39.1. The average molecular weight is 370 g/mol. The zero-order valence-corrected chi connectivity index (χ0v) is 15.3. The van der Waals surface area contributed by atoms with Crippen LogP contribution in [0.1, 0.15) is 49.6 Å². The summed E-state index contributed by atoms with van der Waals surface area (Å²) >= 11 is 0. The molecular formula is C23H18N2O3. The van der Waals surface area contributed by atoms with Gasteiger partial charge in [0, 0.05) is 5.56 Å². The van der Waals surface area contributed by atoms with Crippen LogP contribution < -0.4 is 10.2 Å².